The van der Waals surface area contributed by atoms with E-state index in [0.717, 1.165) is 70.8 Å². The fourth-order valence-electron chi connectivity index (χ4n) is 9.05. The largest absolute Gasteiger partial charge is 0.504 e. The molecular formula is C35H35N3O4. The number of aromatic hydroxyl groups is 1. The van der Waals surface area contributed by atoms with Crippen LogP contribution in [0.25, 0.3) is 10.9 Å². The number of benzene rings is 3. The minimum absolute atomic E-state index is 0.0116. The topological polar surface area (TPSA) is 87.0 Å². The number of piperidine rings is 1. The van der Waals surface area contributed by atoms with E-state index in [9.17, 15) is 15.0 Å². The summed E-state index contributed by atoms with van der Waals surface area (Å²) >= 11 is 0. The van der Waals surface area contributed by atoms with Crippen LogP contribution in [0.3, 0.4) is 0 Å². The number of nitrogens with one attached hydrogen (secondary N) is 1. The number of para-hydroxylation sites is 1. The molecule has 0 unspecified atom stereocenters. The van der Waals surface area contributed by atoms with Crippen LogP contribution >= 0.6 is 0 Å². The Bertz CT molecular complexity index is 1790. The van der Waals surface area contributed by atoms with Gasteiger partial charge in [-0.3, -0.25) is 9.69 Å². The summed E-state index contributed by atoms with van der Waals surface area (Å²) in [5.41, 5.74) is 5.93. The van der Waals surface area contributed by atoms with Gasteiger partial charge in [0.05, 0.1) is 16.7 Å². The van der Waals surface area contributed by atoms with Gasteiger partial charge in [0.15, 0.2) is 17.6 Å². The number of carbonyl (C=O) groups is 1. The number of phenolic OH excluding ortho intramolecular Hbond substituents is 1. The van der Waals surface area contributed by atoms with Gasteiger partial charge in [0.2, 0.25) is 5.91 Å². The molecule has 3 aliphatic carbocycles. The van der Waals surface area contributed by atoms with E-state index >= 15 is 0 Å². The Hall–Kier alpha value is -3.81. The second-order valence-corrected chi connectivity index (χ2v) is 13.3. The molecule has 9 rings (SSSR count). The smallest absolute Gasteiger partial charge is 0.221 e. The lowest BCUT2D eigenvalue weighted by molar-refractivity contribution is -0.173. The highest BCUT2D eigenvalue weighted by atomic mass is 16.5. The third-order valence-electron chi connectivity index (χ3n) is 10.9. The zero-order valence-corrected chi connectivity index (χ0v) is 23.8. The Kier molecular flexibility index (Phi) is 4.95. The number of rotatable bonds is 5. The van der Waals surface area contributed by atoms with Crippen molar-refractivity contribution in [3.05, 3.63) is 88.6 Å². The fraction of sp³-hybridized carbons (Fsp3) is 0.400. The molecule has 214 valence electrons. The van der Waals surface area contributed by atoms with Crippen LogP contribution < -0.4 is 10.1 Å². The number of fused-ring (bicyclic) bond motifs is 4. The van der Waals surface area contributed by atoms with Gasteiger partial charge in [0.1, 0.15) is 0 Å². The summed E-state index contributed by atoms with van der Waals surface area (Å²) in [6, 6.07) is 20.4. The van der Waals surface area contributed by atoms with E-state index in [1.54, 1.807) is 6.07 Å². The van der Waals surface area contributed by atoms with Gasteiger partial charge in [-0.15, -0.1) is 0 Å². The standard InChI is InChI=1S/C35H35N3O4/c1-20(39)36-24-11-8-22(9-12-24)19-38-27-5-3-2-4-25(27)26-17-35(41)29-16-23-10-13-28(40)32-30(23)34(35,33(42-32)31(26)38)14-15-37(29)18-21-6-7-21/h2-5,8-13,21,29,33,40-41H,6-7,14-19H2,1H3,(H,36,39)/t29-,33+,34+,35-/m1/s1. The van der Waals surface area contributed by atoms with Crippen molar-refractivity contribution in [1.82, 2.24) is 9.47 Å². The summed E-state index contributed by atoms with van der Waals surface area (Å²) in [7, 11) is 0. The third kappa shape index (κ3) is 3.15. The van der Waals surface area contributed by atoms with Crippen molar-refractivity contribution in [3.8, 4) is 11.5 Å². The number of carbonyl (C=O) groups excluding carboxylic acids is 1. The summed E-state index contributed by atoms with van der Waals surface area (Å²) in [5.74, 6) is 1.38. The average molecular weight is 562 g/mol. The molecule has 1 saturated carbocycles. The molecule has 3 heterocycles. The third-order valence-corrected chi connectivity index (χ3v) is 10.9. The summed E-state index contributed by atoms with van der Waals surface area (Å²) < 4.78 is 9.28. The number of anilines is 1. The Morgan fingerprint density at radius 1 is 1.10 bits per heavy atom. The summed E-state index contributed by atoms with van der Waals surface area (Å²) in [4.78, 5) is 14.1. The molecule has 1 aromatic heterocycles. The molecule has 0 radical (unpaired) electrons. The summed E-state index contributed by atoms with van der Waals surface area (Å²) in [6.45, 7) is 4.13. The van der Waals surface area contributed by atoms with Gasteiger partial charge < -0.3 is 24.8 Å². The quantitative estimate of drug-likeness (QED) is 0.317. The molecule has 2 bridgehead atoms. The number of amides is 1. The van der Waals surface area contributed by atoms with Crippen molar-refractivity contribution in [3.63, 3.8) is 0 Å². The van der Waals surface area contributed by atoms with E-state index < -0.39 is 17.1 Å². The molecule has 1 saturated heterocycles. The van der Waals surface area contributed by atoms with E-state index in [2.05, 4.69) is 57.2 Å². The van der Waals surface area contributed by atoms with Crippen LogP contribution in [0.1, 0.15) is 60.2 Å². The van der Waals surface area contributed by atoms with Gasteiger partial charge in [-0.25, -0.2) is 0 Å². The number of phenols is 1. The van der Waals surface area contributed by atoms with Crippen molar-refractivity contribution in [2.24, 2.45) is 5.92 Å². The first-order chi connectivity index (χ1) is 20.4. The zero-order valence-electron chi connectivity index (χ0n) is 23.8. The minimum atomic E-state index is -1.00. The maximum Gasteiger partial charge on any atom is 0.221 e. The number of nitrogens with zero attached hydrogens (tertiary/aromatic N) is 2. The van der Waals surface area contributed by atoms with Crippen LogP contribution in [0, 0.1) is 5.92 Å². The van der Waals surface area contributed by atoms with Crippen LogP contribution in [-0.4, -0.2) is 50.3 Å². The van der Waals surface area contributed by atoms with Crippen molar-refractivity contribution >= 4 is 22.5 Å². The number of aliphatic hydroxyl groups is 1. The molecule has 2 fully saturated rings. The van der Waals surface area contributed by atoms with Crippen LogP contribution in [0.2, 0.25) is 0 Å². The number of aromatic nitrogens is 1. The molecule has 1 spiro atoms. The van der Waals surface area contributed by atoms with Crippen LogP contribution in [0.4, 0.5) is 5.69 Å². The number of hydrogen-bond donors (Lipinski definition) is 3. The van der Waals surface area contributed by atoms with Crippen LogP contribution in [0.5, 0.6) is 11.5 Å². The number of hydrogen-bond acceptors (Lipinski definition) is 5. The van der Waals surface area contributed by atoms with Gasteiger partial charge in [-0.2, -0.15) is 0 Å². The normalized spacial score (nSPS) is 28.7. The first kappa shape index (κ1) is 24.8. The van der Waals surface area contributed by atoms with Crippen molar-refractivity contribution in [2.45, 2.75) is 68.7 Å². The van der Waals surface area contributed by atoms with E-state index in [1.807, 2.05) is 12.1 Å². The zero-order chi connectivity index (χ0) is 28.4. The molecule has 7 heteroatoms. The molecular weight excluding hydrogens is 526 g/mol. The molecule has 3 aromatic carbocycles. The fourth-order valence-corrected chi connectivity index (χ4v) is 9.05. The monoisotopic (exact) mass is 561 g/mol. The van der Waals surface area contributed by atoms with Gasteiger partial charge in [-0.05, 0) is 79.1 Å². The molecule has 3 N–H and O–H groups in total. The minimum Gasteiger partial charge on any atom is -0.504 e. The SMILES string of the molecule is CC(=O)Nc1ccc(Cn2c3c(c4ccccc42)C[C@@]2(O)[C@H]4Cc5ccc(O)c6c5[C@@]2(CCN4CC2CC2)[C@H]3O6)cc1. The van der Waals surface area contributed by atoms with Gasteiger partial charge >= 0.3 is 0 Å². The Balaban J connectivity index is 1.24. The highest BCUT2D eigenvalue weighted by Crippen LogP contribution is 2.69. The van der Waals surface area contributed by atoms with Crippen molar-refractivity contribution in [2.75, 3.05) is 18.4 Å². The molecule has 7 nitrogen and oxygen atoms in total. The van der Waals surface area contributed by atoms with Gasteiger partial charge in [0.25, 0.3) is 0 Å². The van der Waals surface area contributed by atoms with Gasteiger partial charge in [-0.1, -0.05) is 36.4 Å². The Labute approximate surface area is 244 Å². The first-order valence-corrected chi connectivity index (χ1v) is 15.3. The highest BCUT2D eigenvalue weighted by Gasteiger charge is 2.73. The van der Waals surface area contributed by atoms with E-state index in [0.29, 0.717) is 18.7 Å². The predicted molar refractivity (Wildman–Crippen MR) is 160 cm³/mol. The molecule has 1 amide bonds. The predicted octanol–water partition coefficient (Wildman–Crippen LogP) is 5.05. The van der Waals surface area contributed by atoms with Crippen molar-refractivity contribution in [1.29, 1.82) is 0 Å². The maximum atomic E-state index is 13.2. The number of ether oxygens (including phenoxy) is 1. The van der Waals surface area contributed by atoms with Crippen LogP contribution in [-0.2, 0) is 29.6 Å². The molecule has 2 aliphatic heterocycles. The number of likely N-dealkylation sites (tertiary alicyclic amines) is 1. The van der Waals surface area contributed by atoms with Crippen molar-refractivity contribution < 1.29 is 19.7 Å². The van der Waals surface area contributed by atoms with Crippen LogP contribution in [0.15, 0.2) is 60.7 Å². The molecule has 5 aliphatic rings. The second-order valence-electron chi connectivity index (χ2n) is 13.3. The average Bonchev–Trinajstić information content (AvgIpc) is 3.65. The Morgan fingerprint density at radius 2 is 1.90 bits per heavy atom. The van der Waals surface area contributed by atoms with E-state index in [1.165, 1.54) is 25.3 Å². The van der Waals surface area contributed by atoms with E-state index in [-0.39, 0.29) is 17.7 Å². The first-order valence-electron chi connectivity index (χ1n) is 15.3. The lowest BCUT2D eigenvalue weighted by Gasteiger charge is -2.63. The molecule has 4 atom stereocenters. The highest BCUT2D eigenvalue weighted by molar-refractivity contribution is 5.89. The molecule has 42 heavy (non-hydrogen) atoms. The Morgan fingerprint density at radius 3 is 2.69 bits per heavy atom. The van der Waals surface area contributed by atoms with E-state index in [4.69, 9.17) is 4.74 Å². The lowest BCUT2D eigenvalue weighted by Crippen LogP contribution is -2.74. The van der Waals surface area contributed by atoms with Gasteiger partial charge in [0, 0.05) is 54.6 Å². The molecule has 4 aromatic rings. The second kappa shape index (κ2) is 8.39. The maximum absolute atomic E-state index is 13.2. The summed E-state index contributed by atoms with van der Waals surface area (Å²) in [6.07, 6.45) is 4.32. The summed E-state index contributed by atoms with van der Waals surface area (Å²) in [5, 5.41) is 28.3. The lowest BCUT2D eigenvalue weighted by atomic mass is 9.49.